The molecule has 3 heterocycles. The van der Waals surface area contributed by atoms with Gasteiger partial charge in [-0.1, -0.05) is 115 Å². The Hall–Kier alpha value is -7.86. The maximum absolute atomic E-state index is 7.91. The highest BCUT2D eigenvalue weighted by Crippen LogP contribution is 2.42. The monoisotopic (exact) mass is 699 g/mol. The van der Waals surface area contributed by atoms with E-state index in [0.29, 0.717) is 11.4 Å². The molecule has 8 aromatic carbocycles. The zero-order chi connectivity index (χ0) is 36.6. The summed E-state index contributed by atoms with van der Waals surface area (Å²) in [5.41, 5.74) is 12.9. The highest BCUT2D eigenvalue weighted by atomic mass is 15.1. The molecule has 0 spiro atoms. The van der Waals surface area contributed by atoms with E-state index in [1.54, 1.807) is 0 Å². The lowest BCUT2D eigenvalue weighted by atomic mass is 10.0. The fourth-order valence-electron chi connectivity index (χ4n) is 8.73. The Morgan fingerprint density at radius 1 is 0.345 bits per heavy atom. The van der Waals surface area contributed by atoms with Crippen molar-refractivity contribution in [1.82, 2.24) is 13.7 Å². The maximum Gasteiger partial charge on any atom is 0.189 e. The molecule has 0 N–H and O–H groups in total. The Balaban J connectivity index is 1.15. The van der Waals surface area contributed by atoms with Crippen LogP contribution in [0.1, 0.15) is 0 Å². The molecule has 5 nitrogen and oxygen atoms in total. The number of benzene rings is 8. The third kappa shape index (κ3) is 4.45. The van der Waals surface area contributed by atoms with Gasteiger partial charge in [-0.15, -0.1) is 0 Å². The largest absolute Gasteiger partial charge is 0.310 e. The van der Waals surface area contributed by atoms with Gasteiger partial charge in [0.05, 0.1) is 52.1 Å². The van der Waals surface area contributed by atoms with Crippen molar-refractivity contribution >= 4 is 76.8 Å². The molecule has 0 saturated heterocycles. The first-order valence-electron chi connectivity index (χ1n) is 18.3. The van der Waals surface area contributed by atoms with Gasteiger partial charge in [-0.05, 0) is 71.8 Å². The fraction of sp³-hybridized carbons (Fsp3) is 0. The number of hydrogen-bond acceptors (Lipinski definition) is 0. The van der Waals surface area contributed by atoms with Crippen LogP contribution in [0.2, 0.25) is 0 Å². The van der Waals surface area contributed by atoms with Crippen LogP contribution >= 0.6 is 0 Å². The quantitative estimate of drug-likeness (QED) is 0.163. The fourth-order valence-corrected chi connectivity index (χ4v) is 8.73. The first-order chi connectivity index (χ1) is 27.2. The van der Waals surface area contributed by atoms with Crippen molar-refractivity contribution in [3.63, 3.8) is 0 Å². The van der Waals surface area contributed by atoms with Gasteiger partial charge in [0.2, 0.25) is 0 Å². The lowest BCUT2D eigenvalue weighted by molar-refractivity contribution is 1.13. The lowest BCUT2D eigenvalue weighted by Gasteiger charge is -2.17. The highest BCUT2D eigenvalue weighted by molar-refractivity contribution is 6.15. The molecular weight excluding hydrogens is 671 g/mol. The van der Waals surface area contributed by atoms with E-state index < -0.39 is 0 Å². The predicted octanol–water partition coefficient (Wildman–Crippen LogP) is 13.7. The van der Waals surface area contributed by atoms with Crippen LogP contribution in [0.25, 0.3) is 103 Å². The van der Waals surface area contributed by atoms with E-state index >= 15 is 0 Å². The zero-order valence-electron chi connectivity index (χ0n) is 29.5. The summed E-state index contributed by atoms with van der Waals surface area (Å²) in [6.07, 6.45) is 0. The van der Waals surface area contributed by atoms with Crippen LogP contribution < -0.4 is 0 Å². The Kier molecular flexibility index (Phi) is 6.61. The second kappa shape index (κ2) is 11.8. The van der Waals surface area contributed by atoms with Crippen LogP contribution in [0.15, 0.2) is 176 Å². The minimum Gasteiger partial charge on any atom is -0.310 e. The van der Waals surface area contributed by atoms with Gasteiger partial charge < -0.3 is 13.7 Å². The summed E-state index contributed by atoms with van der Waals surface area (Å²) in [5.74, 6) is 0. The Labute approximate surface area is 316 Å². The van der Waals surface area contributed by atoms with Crippen LogP contribution in [-0.4, -0.2) is 13.7 Å². The molecule has 0 bridgehead atoms. The first-order valence-corrected chi connectivity index (χ1v) is 18.3. The summed E-state index contributed by atoms with van der Waals surface area (Å²) >= 11 is 0. The molecule has 0 aliphatic heterocycles. The van der Waals surface area contributed by atoms with Crippen LogP contribution in [0.5, 0.6) is 0 Å². The van der Waals surface area contributed by atoms with Gasteiger partial charge in [-0.2, -0.15) is 0 Å². The molecule has 3 aromatic heterocycles. The van der Waals surface area contributed by atoms with Gasteiger partial charge in [0, 0.05) is 43.5 Å². The summed E-state index contributed by atoms with van der Waals surface area (Å²) in [5, 5.41) is 7.05. The lowest BCUT2D eigenvalue weighted by Crippen LogP contribution is -2.01. The molecule has 254 valence electrons. The van der Waals surface area contributed by atoms with Crippen molar-refractivity contribution in [2.75, 3.05) is 0 Å². The molecule has 0 radical (unpaired) electrons. The summed E-state index contributed by atoms with van der Waals surface area (Å²) in [7, 11) is 0. The highest BCUT2D eigenvalue weighted by Gasteiger charge is 2.21. The molecule has 5 heteroatoms. The smallest absolute Gasteiger partial charge is 0.189 e. The minimum atomic E-state index is 0.573. The van der Waals surface area contributed by atoms with Crippen molar-refractivity contribution in [2.45, 2.75) is 0 Å². The van der Waals surface area contributed by atoms with Crippen LogP contribution in [0.4, 0.5) is 11.4 Å². The standard InChI is InChI=1S/C50H29N5/c1-51-33-25-29-47(55-46-20-10-5-14-38(46)40-28-24-34(52-2)31-49(40)55)42(30-33)32-22-26-35(27-23-32)53-43-17-7-6-15-39(43)41-16-11-21-48(50(41)53)54-44-18-8-3-12-36(44)37-13-4-9-19-45(37)54/h3-31H. The van der Waals surface area contributed by atoms with E-state index in [1.165, 1.54) is 32.6 Å². The summed E-state index contributed by atoms with van der Waals surface area (Å²) < 4.78 is 7.04. The van der Waals surface area contributed by atoms with E-state index in [-0.39, 0.29) is 0 Å². The van der Waals surface area contributed by atoms with Crippen molar-refractivity contribution in [3.8, 4) is 28.2 Å². The van der Waals surface area contributed by atoms with Crippen LogP contribution in [-0.2, 0) is 0 Å². The summed E-state index contributed by atoms with van der Waals surface area (Å²) in [6, 6.07) is 61.5. The number of rotatable bonds is 4. The molecular formula is C50H29N5. The van der Waals surface area contributed by atoms with Gasteiger partial charge in [-0.25, -0.2) is 9.69 Å². The van der Waals surface area contributed by atoms with E-state index in [0.717, 1.165) is 61.0 Å². The number of hydrogen-bond donors (Lipinski definition) is 0. The molecule has 0 atom stereocenters. The number of aromatic nitrogens is 3. The van der Waals surface area contributed by atoms with Gasteiger partial charge in [-0.3, -0.25) is 0 Å². The molecule has 0 amide bonds. The topological polar surface area (TPSA) is 23.5 Å². The molecule has 11 aromatic rings. The van der Waals surface area contributed by atoms with Crippen LogP contribution in [0.3, 0.4) is 0 Å². The predicted molar refractivity (Wildman–Crippen MR) is 227 cm³/mol. The minimum absolute atomic E-state index is 0.573. The summed E-state index contributed by atoms with van der Waals surface area (Å²) in [4.78, 5) is 7.59. The molecule has 11 rings (SSSR count). The Bertz CT molecular complexity index is 3400. The molecule has 0 fully saturated rings. The Morgan fingerprint density at radius 2 is 0.818 bits per heavy atom. The van der Waals surface area contributed by atoms with E-state index in [2.05, 4.69) is 163 Å². The maximum atomic E-state index is 7.91. The molecule has 0 aliphatic rings. The molecule has 0 unspecified atom stereocenters. The zero-order valence-corrected chi connectivity index (χ0v) is 29.5. The molecule has 55 heavy (non-hydrogen) atoms. The van der Waals surface area contributed by atoms with Gasteiger partial charge in [0.25, 0.3) is 0 Å². The van der Waals surface area contributed by atoms with E-state index in [9.17, 15) is 0 Å². The summed E-state index contributed by atoms with van der Waals surface area (Å²) in [6.45, 7) is 15.6. The van der Waals surface area contributed by atoms with Gasteiger partial charge in [0.1, 0.15) is 0 Å². The first kappa shape index (κ1) is 30.7. The van der Waals surface area contributed by atoms with E-state index in [1.807, 2.05) is 36.4 Å². The number of para-hydroxylation sites is 5. The van der Waals surface area contributed by atoms with Crippen molar-refractivity contribution in [2.24, 2.45) is 0 Å². The third-order valence-corrected chi connectivity index (χ3v) is 11.1. The Morgan fingerprint density at radius 3 is 1.42 bits per heavy atom. The van der Waals surface area contributed by atoms with Crippen molar-refractivity contribution in [1.29, 1.82) is 0 Å². The molecule has 0 saturated carbocycles. The van der Waals surface area contributed by atoms with Crippen LogP contribution in [0, 0.1) is 13.1 Å². The average molecular weight is 700 g/mol. The third-order valence-electron chi connectivity index (χ3n) is 11.1. The number of nitrogens with zero attached hydrogens (tertiary/aromatic N) is 5. The van der Waals surface area contributed by atoms with Crippen molar-refractivity contribution in [3.05, 3.63) is 199 Å². The number of fused-ring (bicyclic) bond motifs is 9. The molecule has 0 aliphatic carbocycles. The second-order valence-corrected chi connectivity index (χ2v) is 13.9. The SMILES string of the molecule is [C-]#[N+]c1ccc(-n2c3ccccc3c3ccc([N+]#[C-])cc32)c(-c2ccc(-n3c4ccccc4c4cccc(-n5c6ccccc6c6ccccc65)c43)cc2)c1. The second-order valence-electron chi connectivity index (χ2n) is 13.9. The van der Waals surface area contributed by atoms with E-state index in [4.69, 9.17) is 13.1 Å². The average Bonchev–Trinajstić information content (AvgIpc) is 3.89. The van der Waals surface area contributed by atoms with Crippen molar-refractivity contribution < 1.29 is 0 Å². The van der Waals surface area contributed by atoms with Gasteiger partial charge >= 0.3 is 0 Å². The normalized spacial score (nSPS) is 11.6. The van der Waals surface area contributed by atoms with Gasteiger partial charge in [0.15, 0.2) is 11.4 Å².